The van der Waals surface area contributed by atoms with Gasteiger partial charge in [0.05, 0.1) is 17.8 Å². The molecule has 0 fully saturated rings. The Morgan fingerprint density at radius 3 is 2.72 bits per heavy atom. The van der Waals surface area contributed by atoms with Gasteiger partial charge in [-0.3, -0.25) is 4.79 Å². The quantitative estimate of drug-likeness (QED) is 0.885. The number of nitrogens with one attached hydrogen (secondary N) is 1. The molecule has 1 unspecified atom stereocenters. The molecule has 0 spiro atoms. The SMILES string of the molecule is CC(CO)NC(=O)c1ccc(-c2cscn2)cc1. The first kappa shape index (κ1) is 12.7. The number of nitrogens with zero attached hydrogens (tertiary/aromatic N) is 1. The van der Waals surface area contributed by atoms with Crippen molar-refractivity contribution in [1.29, 1.82) is 0 Å². The van der Waals surface area contributed by atoms with Crippen LogP contribution in [0.2, 0.25) is 0 Å². The summed E-state index contributed by atoms with van der Waals surface area (Å²) in [6.45, 7) is 1.68. The first-order valence-electron chi connectivity index (χ1n) is 5.61. The van der Waals surface area contributed by atoms with Crippen LogP contribution >= 0.6 is 11.3 Å². The second-order valence-electron chi connectivity index (χ2n) is 4.01. The lowest BCUT2D eigenvalue weighted by Crippen LogP contribution is -2.34. The van der Waals surface area contributed by atoms with E-state index in [0.717, 1.165) is 11.3 Å². The second kappa shape index (κ2) is 5.75. The van der Waals surface area contributed by atoms with Crippen LogP contribution in [0.15, 0.2) is 35.2 Å². The number of rotatable bonds is 4. The van der Waals surface area contributed by atoms with E-state index in [2.05, 4.69) is 10.3 Å². The van der Waals surface area contributed by atoms with E-state index >= 15 is 0 Å². The lowest BCUT2D eigenvalue weighted by Gasteiger charge is -2.10. The highest BCUT2D eigenvalue weighted by Crippen LogP contribution is 2.19. The molecular formula is C13H14N2O2S. The van der Waals surface area contributed by atoms with Gasteiger partial charge in [0.1, 0.15) is 0 Å². The summed E-state index contributed by atoms with van der Waals surface area (Å²) in [5, 5.41) is 13.5. The number of hydrogen-bond acceptors (Lipinski definition) is 4. The minimum atomic E-state index is -0.240. The third-order valence-electron chi connectivity index (χ3n) is 2.53. The van der Waals surface area contributed by atoms with E-state index in [1.54, 1.807) is 24.6 Å². The molecule has 1 aromatic heterocycles. The van der Waals surface area contributed by atoms with Crippen molar-refractivity contribution in [2.45, 2.75) is 13.0 Å². The summed E-state index contributed by atoms with van der Waals surface area (Å²) in [6.07, 6.45) is 0. The molecule has 0 aliphatic heterocycles. The van der Waals surface area contributed by atoms with E-state index < -0.39 is 0 Å². The Balaban J connectivity index is 2.10. The van der Waals surface area contributed by atoms with Crippen molar-refractivity contribution >= 4 is 17.2 Å². The van der Waals surface area contributed by atoms with Crippen molar-refractivity contribution in [2.24, 2.45) is 0 Å². The molecule has 0 aliphatic carbocycles. The van der Waals surface area contributed by atoms with Crippen LogP contribution in [0, 0.1) is 0 Å². The predicted octanol–water partition coefficient (Wildman–Crippen LogP) is 1.92. The molecule has 2 N–H and O–H groups in total. The normalized spacial score (nSPS) is 12.1. The molecule has 0 saturated carbocycles. The zero-order chi connectivity index (χ0) is 13.0. The van der Waals surface area contributed by atoms with Crippen LogP contribution in [-0.2, 0) is 0 Å². The van der Waals surface area contributed by atoms with Gasteiger partial charge in [-0.05, 0) is 19.1 Å². The highest BCUT2D eigenvalue weighted by Gasteiger charge is 2.09. The van der Waals surface area contributed by atoms with E-state index in [0.29, 0.717) is 5.56 Å². The van der Waals surface area contributed by atoms with Crippen LogP contribution in [0.25, 0.3) is 11.3 Å². The topological polar surface area (TPSA) is 62.2 Å². The molecule has 1 aromatic carbocycles. The van der Waals surface area contributed by atoms with Crippen molar-refractivity contribution in [2.75, 3.05) is 6.61 Å². The number of benzene rings is 1. The third-order valence-corrected chi connectivity index (χ3v) is 3.11. The largest absolute Gasteiger partial charge is 0.394 e. The van der Waals surface area contributed by atoms with Gasteiger partial charge in [-0.2, -0.15) is 0 Å². The predicted molar refractivity (Wildman–Crippen MR) is 71.6 cm³/mol. The summed E-state index contributed by atoms with van der Waals surface area (Å²) >= 11 is 1.54. The third kappa shape index (κ3) is 2.94. The molecule has 2 rings (SSSR count). The van der Waals surface area contributed by atoms with Gasteiger partial charge in [-0.1, -0.05) is 12.1 Å². The Morgan fingerprint density at radius 1 is 1.44 bits per heavy atom. The number of amides is 1. The maximum atomic E-state index is 11.8. The van der Waals surface area contributed by atoms with Gasteiger partial charge in [-0.15, -0.1) is 11.3 Å². The van der Waals surface area contributed by atoms with Crippen molar-refractivity contribution in [3.05, 3.63) is 40.7 Å². The fourth-order valence-electron chi connectivity index (χ4n) is 1.50. The highest BCUT2D eigenvalue weighted by molar-refractivity contribution is 7.07. The van der Waals surface area contributed by atoms with E-state index in [9.17, 15) is 4.79 Å². The van der Waals surface area contributed by atoms with Gasteiger partial charge in [0.2, 0.25) is 0 Å². The zero-order valence-corrected chi connectivity index (χ0v) is 10.8. The summed E-state index contributed by atoms with van der Waals surface area (Å²) in [6, 6.07) is 7.01. The first-order chi connectivity index (χ1) is 8.70. The maximum absolute atomic E-state index is 11.8. The Hall–Kier alpha value is -1.72. The Morgan fingerprint density at radius 2 is 2.17 bits per heavy atom. The van der Waals surface area contributed by atoms with Crippen molar-refractivity contribution in [3.8, 4) is 11.3 Å². The number of aromatic nitrogens is 1. The van der Waals surface area contributed by atoms with Crippen LogP contribution in [0.4, 0.5) is 0 Å². The van der Waals surface area contributed by atoms with Gasteiger partial charge in [0, 0.05) is 22.5 Å². The lowest BCUT2D eigenvalue weighted by atomic mass is 10.1. The molecule has 1 heterocycles. The van der Waals surface area contributed by atoms with Gasteiger partial charge in [0.15, 0.2) is 0 Å². The monoisotopic (exact) mass is 262 g/mol. The molecule has 0 saturated heterocycles. The number of thiazole rings is 1. The van der Waals surface area contributed by atoms with E-state index in [4.69, 9.17) is 5.11 Å². The standard InChI is InChI=1S/C13H14N2O2S/c1-9(6-16)15-13(17)11-4-2-10(3-5-11)12-7-18-8-14-12/h2-5,7-9,16H,6H2,1H3,(H,15,17). The highest BCUT2D eigenvalue weighted by atomic mass is 32.1. The van der Waals surface area contributed by atoms with Gasteiger partial charge < -0.3 is 10.4 Å². The fraction of sp³-hybridized carbons (Fsp3) is 0.231. The maximum Gasteiger partial charge on any atom is 0.251 e. The second-order valence-corrected chi connectivity index (χ2v) is 4.73. The molecule has 0 aliphatic rings. The van der Waals surface area contributed by atoms with Crippen LogP contribution < -0.4 is 5.32 Å². The smallest absolute Gasteiger partial charge is 0.251 e. The molecule has 1 amide bonds. The van der Waals surface area contributed by atoms with Gasteiger partial charge in [-0.25, -0.2) is 4.98 Å². The molecule has 18 heavy (non-hydrogen) atoms. The van der Waals surface area contributed by atoms with Crippen molar-refractivity contribution < 1.29 is 9.90 Å². The van der Waals surface area contributed by atoms with Gasteiger partial charge >= 0.3 is 0 Å². The van der Waals surface area contributed by atoms with Crippen molar-refractivity contribution in [3.63, 3.8) is 0 Å². The molecule has 0 radical (unpaired) electrons. The average Bonchev–Trinajstić information content (AvgIpc) is 2.92. The molecule has 0 bridgehead atoms. The molecular weight excluding hydrogens is 248 g/mol. The van der Waals surface area contributed by atoms with Crippen LogP contribution in [-0.4, -0.2) is 28.6 Å². The van der Waals surface area contributed by atoms with E-state index in [1.807, 2.05) is 17.5 Å². The van der Waals surface area contributed by atoms with Gasteiger partial charge in [0.25, 0.3) is 5.91 Å². The summed E-state index contributed by atoms with van der Waals surface area (Å²) in [5.41, 5.74) is 4.26. The molecule has 2 aromatic rings. The Bertz CT molecular complexity index is 508. The lowest BCUT2D eigenvalue weighted by molar-refractivity contribution is 0.0922. The van der Waals surface area contributed by atoms with Crippen LogP contribution in [0.3, 0.4) is 0 Å². The number of carbonyl (C=O) groups excluding carboxylic acids is 1. The Kier molecular flexibility index (Phi) is 4.07. The Labute approximate surface area is 109 Å². The van der Waals surface area contributed by atoms with E-state index in [1.165, 1.54) is 11.3 Å². The molecule has 5 heteroatoms. The molecule has 4 nitrogen and oxygen atoms in total. The summed E-state index contributed by atoms with van der Waals surface area (Å²) in [7, 11) is 0. The van der Waals surface area contributed by atoms with Crippen LogP contribution in [0.1, 0.15) is 17.3 Å². The fourth-order valence-corrected chi connectivity index (χ4v) is 2.06. The minimum absolute atomic E-state index is 0.0668. The summed E-state index contributed by atoms with van der Waals surface area (Å²) in [4.78, 5) is 16.0. The summed E-state index contributed by atoms with van der Waals surface area (Å²) in [5.74, 6) is -0.179. The number of carbonyl (C=O) groups is 1. The number of hydrogen-bond donors (Lipinski definition) is 2. The number of aliphatic hydroxyl groups excluding tert-OH is 1. The van der Waals surface area contributed by atoms with Crippen molar-refractivity contribution in [1.82, 2.24) is 10.3 Å². The summed E-state index contributed by atoms with van der Waals surface area (Å²) < 4.78 is 0. The zero-order valence-electron chi connectivity index (χ0n) is 9.96. The molecule has 1 atom stereocenters. The van der Waals surface area contributed by atoms with E-state index in [-0.39, 0.29) is 18.6 Å². The minimum Gasteiger partial charge on any atom is -0.394 e. The number of aliphatic hydroxyl groups is 1. The van der Waals surface area contributed by atoms with Crippen LogP contribution in [0.5, 0.6) is 0 Å². The average molecular weight is 262 g/mol. The first-order valence-corrected chi connectivity index (χ1v) is 6.55. The molecule has 94 valence electrons.